The molecule has 0 N–H and O–H groups in total. The van der Waals surface area contributed by atoms with Crippen LogP contribution >= 0.6 is 49.9 Å². The number of ether oxygens (including phenoxy) is 2. The fourth-order valence-corrected chi connectivity index (χ4v) is 7.26. The maximum Gasteiger partial charge on any atom is 0.338 e. The average molecular weight is 747 g/mol. The molecular formula is C31H25BrFIN2O4S. The third-order valence-electron chi connectivity index (χ3n) is 6.24. The van der Waals surface area contributed by atoms with Crippen molar-refractivity contribution >= 4 is 67.6 Å². The Kier molecular flexibility index (Phi) is 8.91. The lowest BCUT2D eigenvalue weighted by Crippen LogP contribution is -2.40. The third kappa shape index (κ3) is 6.09. The number of carbonyl (C=O) groups is 1. The van der Waals surface area contributed by atoms with Crippen molar-refractivity contribution in [2.75, 3.05) is 6.61 Å². The minimum atomic E-state index is -0.878. The Labute approximate surface area is 262 Å². The molecule has 2 heterocycles. The van der Waals surface area contributed by atoms with Crippen LogP contribution < -0.4 is 19.6 Å². The maximum atomic E-state index is 14.1. The van der Waals surface area contributed by atoms with Crippen molar-refractivity contribution in [2.24, 2.45) is 4.99 Å². The summed E-state index contributed by atoms with van der Waals surface area (Å²) in [6.07, 6.45) is 1.71. The highest BCUT2D eigenvalue weighted by Crippen LogP contribution is 2.35. The van der Waals surface area contributed by atoms with E-state index < -0.39 is 17.8 Å². The topological polar surface area (TPSA) is 69.9 Å². The molecule has 0 spiro atoms. The van der Waals surface area contributed by atoms with Crippen molar-refractivity contribution in [1.29, 1.82) is 0 Å². The van der Waals surface area contributed by atoms with Gasteiger partial charge in [0.2, 0.25) is 0 Å². The second kappa shape index (κ2) is 12.4. The van der Waals surface area contributed by atoms with Crippen LogP contribution in [0.1, 0.15) is 43.5 Å². The molecule has 1 atom stereocenters. The number of nitrogens with zero attached hydrogens (tertiary/aromatic N) is 2. The summed E-state index contributed by atoms with van der Waals surface area (Å²) < 4.78 is 29.2. The van der Waals surface area contributed by atoms with E-state index in [1.54, 1.807) is 25.1 Å². The van der Waals surface area contributed by atoms with E-state index in [0.717, 1.165) is 13.6 Å². The van der Waals surface area contributed by atoms with Gasteiger partial charge in [-0.05, 0) is 79.3 Å². The van der Waals surface area contributed by atoms with Gasteiger partial charge in [0.1, 0.15) is 11.6 Å². The fraction of sp³-hybridized carbons (Fsp3) is 0.194. The first-order valence-corrected chi connectivity index (χ1v) is 15.6. The first-order valence-electron chi connectivity index (χ1n) is 12.9. The fourth-order valence-electron chi connectivity index (χ4n) is 4.59. The smallest absolute Gasteiger partial charge is 0.338 e. The molecule has 0 bridgehead atoms. The number of carbonyl (C=O) groups excluding carboxylic acids is 1. The van der Waals surface area contributed by atoms with E-state index in [1.165, 1.54) is 28.0 Å². The molecule has 0 saturated heterocycles. The Morgan fingerprint density at radius 3 is 2.54 bits per heavy atom. The molecule has 0 amide bonds. The molecule has 0 fully saturated rings. The number of thiazole rings is 1. The van der Waals surface area contributed by atoms with Crippen molar-refractivity contribution < 1.29 is 18.7 Å². The van der Waals surface area contributed by atoms with Gasteiger partial charge in [-0.15, -0.1) is 0 Å². The van der Waals surface area contributed by atoms with E-state index in [2.05, 4.69) is 38.5 Å². The number of halogens is 3. The van der Waals surface area contributed by atoms with E-state index in [9.17, 15) is 14.0 Å². The minimum absolute atomic E-state index is 0.0721. The van der Waals surface area contributed by atoms with Gasteiger partial charge in [-0.3, -0.25) is 9.36 Å². The lowest BCUT2D eigenvalue weighted by molar-refractivity contribution is -0.138. The lowest BCUT2D eigenvalue weighted by atomic mass is 9.93. The highest BCUT2D eigenvalue weighted by Gasteiger charge is 2.35. The highest BCUT2D eigenvalue weighted by atomic mass is 127. The summed E-state index contributed by atoms with van der Waals surface area (Å²) >= 11 is 6.98. The first-order chi connectivity index (χ1) is 19.7. The van der Waals surface area contributed by atoms with Gasteiger partial charge in [0, 0.05) is 15.6 Å². The number of benzene rings is 3. The van der Waals surface area contributed by atoms with E-state index >= 15 is 0 Å². The molecule has 210 valence electrons. The van der Waals surface area contributed by atoms with Gasteiger partial charge >= 0.3 is 5.97 Å². The summed E-state index contributed by atoms with van der Waals surface area (Å²) in [5, 5.41) is 0. The van der Waals surface area contributed by atoms with Crippen molar-refractivity contribution in [1.82, 2.24) is 4.57 Å². The normalized spacial score (nSPS) is 15.1. The SMILES string of the molecule is CCOC(=O)C1=C(c2ccccc2)N=c2s/c(=C\c3cc(Br)cc(I)c3OC(C)C)c(=O)n2[C@H]1c1ccc(F)cc1. The molecule has 1 aromatic heterocycles. The Morgan fingerprint density at radius 1 is 1.17 bits per heavy atom. The van der Waals surface area contributed by atoms with Crippen LogP contribution in [0.5, 0.6) is 5.75 Å². The van der Waals surface area contributed by atoms with Gasteiger partial charge in [-0.1, -0.05) is 69.7 Å². The number of rotatable bonds is 7. The highest BCUT2D eigenvalue weighted by molar-refractivity contribution is 14.1. The monoisotopic (exact) mass is 746 g/mol. The zero-order valence-electron chi connectivity index (χ0n) is 22.4. The Bertz CT molecular complexity index is 1830. The molecule has 5 rings (SSSR count). The van der Waals surface area contributed by atoms with E-state index in [0.29, 0.717) is 31.9 Å². The summed E-state index contributed by atoms with van der Waals surface area (Å²) in [5.41, 5.74) is 2.29. The summed E-state index contributed by atoms with van der Waals surface area (Å²) in [7, 11) is 0. The molecule has 0 radical (unpaired) electrons. The van der Waals surface area contributed by atoms with Crippen molar-refractivity contribution in [3.63, 3.8) is 0 Å². The number of hydrogen-bond donors (Lipinski definition) is 0. The predicted octanol–water partition coefficient (Wildman–Crippen LogP) is 6.23. The van der Waals surface area contributed by atoms with Gasteiger partial charge < -0.3 is 9.47 Å². The van der Waals surface area contributed by atoms with Crippen LogP contribution in [-0.4, -0.2) is 23.2 Å². The molecule has 1 aliphatic rings. The number of aromatic nitrogens is 1. The van der Waals surface area contributed by atoms with Gasteiger partial charge in [0.15, 0.2) is 4.80 Å². The quantitative estimate of drug-likeness (QED) is 0.166. The molecule has 4 aromatic rings. The standard InChI is InChI=1S/C31H25BrFIN2O4S/c1-4-39-30(38)25-26(18-8-6-5-7-9-18)35-31-36(27(25)19-10-12-22(33)13-11-19)29(37)24(41-31)15-20-14-21(32)16-23(34)28(20)40-17(2)3/h5-17,27H,4H2,1-3H3/b24-15-/t27-/m0/s1. The van der Waals surface area contributed by atoms with E-state index in [1.807, 2.05) is 56.3 Å². The van der Waals surface area contributed by atoms with Crippen LogP contribution in [-0.2, 0) is 9.53 Å². The van der Waals surface area contributed by atoms with Crippen molar-refractivity contribution in [3.8, 4) is 5.75 Å². The lowest BCUT2D eigenvalue weighted by Gasteiger charge is -2.25. The second-order valence-electron chi connectivity index (χ2n) is 9.46. The van der Waals surface area contributed by atoms with Gasteiger partial charge in [0.25, 0.3) is 5.56 Å². The van der Waals surface area contributed by atoms with Crippen molar-refractivity contribution in [3.05, 3.63) is 123 Å². The minimum Gasteiger partial charge on any atom is -0.489 e. The largest absolute Gasteiger partial charge is 0.489 e. The zero-order chi connectivity index (χ0) is 29.3. The van der Waals surface area contributed by atoms with Crippen LogP contribution in [0.2, 0.25) is 0 Å². The van der Waals surface area contributed by atoms with Gasteiger partial charge in [-0.25, -0.2) is 14.2 Å². The molecule has 0 saturated carbocycles. The van der Waals surface area contributed by atoms with E-state index in [-0.39, 0.29) is 23.8 Å². The Morgan fingerprint density at radius 2 is 1.88 bits per heavy atom. The molecule has 41 heavy (non-hydrogen) atoms. The van der Waals surface area contributed by atoms with Gasteiger partial charge in [-0.2, -0.15) is 0 Å². The van der Waals surface area contributed by atoms with Crippen LogP contribution in [0.15, 0.2) is 86.6 Å². The second-order valence-corrected chi connectivity index (χ2v) is 12.5. The van der Waals surface area contributed by atoms with Crippen LogP contribution in [0.25, 0.3) is 11.8 Å². The predicted molar refractivity (Wildman–Crippen MR) is 170 cm³/mol. The molecule has 0 aliphatic carbocycles. The number of fused-ring (bicyclic) bond motifs is 1. The third-order valence-corrected chi connectivity index (χ3v) is 8.48. The molecule has 3 aromatic carbocycles. The molecule has 0 unspecified atom stereocenters. The molecular weight excluding hydrogens is 722 g/mol. The van der Waals surface area contributed by atoms with Crippen LogP contribution in [0.4, 0.5) is 4.39 Å². The number of hydrogen-bond acceptors (Lipinski definition) is 6. The molecule has 10 heteroatoms. The zero-order valence-corrected chi connectivity index (χ0v) is 26.9. The van der Waals surface area contributed by atoms with Crippen molar-refractivity contribution in [2.45, 2.75) is 32.9 Å². The Hall–Kier alpha value is -3.09. The summed E-state index contributed by atoms with van der Waals surface area (Å²) in [6, 6.07) is 18.0. The van der Waals surface area contributed by atoms with Gasteiger partial charge in [0.05, 0.1) is 38.1 Å². The molecule has 1 aliphatic heterocycles. The molecule has 6 nitrogen and oxygen atoms in total. The number of esters is 1. The average Bonchev–Trinajstić information content (AvgIpc) is 3.25. The van der Waals surface area contributed by atoms with Crippen LogP contribution in [0.3, 0.4) is 0 Å². The first kappa shape index (κ1) is 29.4. The summed E-state index contributed by atoms with van der Waals surface area (Å²) in [4.78, 5) is 32.9. The Balaban J connectivity index is 1.83. The summed E-state index contributed by atoms with van der Waals surface area (Å²) in [5.74, 6) is -0.345. The van der Waals surface area contributed by atoms with E-state index in [4.69, 9.17) is 14.5 Å². The van der Waals surface area contributed by atoms with Crippen LogP contribution in [0, 0.1) is 9.39 Å². The maximum absolute atomic E-state index is 14.1. The summed E-state index contributed by atoms with van der Waals surface area (Å²) in [6.45, 7) is 5.76.